The molecule has 4 nitrogen and oxygen atoms in total. The van der Waals surface area contributed by atoms with Gasteiger partial charge in [0.15, 0.2) is 0 Å². The number of methoxy groups -OCH3 is 2. The molecule has 3 N–H and O–H groups in total. The fourth-order valence-electron chi connectivity index (χ4n) is 1.69. The number of nitrogens with one attached hydrogen (secondary N) is 1. The Labute approximate surface area is 117 Å². The molecule has 5 heteroatoms. The predicted octanol–water partition coefficient (Wildman–Crippen LogP) is 3.68. The van der Waals surface area contributed by atoms with Crippen molar-refractivity contribution in [3.8, 4) is 11.5 Å². The second-order valence-electron chi connectivity index (χ2n) is 3.97. The van der Waals surface area contributed by atoms with Crippen LogP contribution in [0.25, 0.3) is 0 Å². The molecule has 0 aliphatic rings. The van der Waals surface area contributed by atoms with Crippen molar-refractivity contribution in [2.75, 3.05) is 25.3 Å². The average molecular weight is 279 g/mol. The summed E-state index contributed by atoms with van der Waals surface area (Å²) in [5, 5.41) is 3.79. The summed E-state index contributed by atoms with van der Waals surface area (Å²) in [6.45, 7) is 0. The van der Waals surface area contributed by atoms with Gasteiger partial charge in [-0.1, -0.05) is 11.6 Å². The van der Waals surface area contributed by atoms with E-state index in [9.17, 15) is 0 Å². The molecule has 2 aromatic carbocycles. The lowest BCUT2D eigenvalue weighted by Gasteiger charge is -2.12. The molecule has 19 heavy (non-hydrogen) atoms. The summed E-state index contributed by atoms with van der Waals surface area (Å²) in [4.78, 5) is 0. The van der Waals surface area contributed by atoms with Crippen LogP contribution >= 0.6 is 11.6 Å². The molecular weight excluding hydrogens is 264 g/mol. The van der Waals surface area contributed by atoms with Crippen LogP contribution in [0, 0.1) is 0 Å². The van der Waals surface area contributed by atoms with Crippen LogP contribution in [0.3, 0.4) is 0 Å². The van der Waals surface area contributed by atoms with Gasteiger partial charge in [0, 0.05) is 29.6 Å². The molecule has 0 amide bonds. The summed E-state index contributed by atoms with van der Waals surface area (Å²) in [5.41, 5.74) is 7.96. The van der Waals surface area contributed by atoms with Crippen molar-refractivity contribution in [2.45, 2.75) is 0 Å². The summed E-state index contributed by atoms with van der Waals surface area (Å²) < 4.78 is 10.3. The van der Waals surface area contributed by atoms with Crippen LogP contribution in [0.2, 0.25) is 5.02 Å². The highest BCUT2D eigenvalue weighted by atomic mass is 35.5. The Morgan fingerprint density at radius 1 is 1.00 bits per heavy atom. The highest BCUT2D eigenvalue weighted by Gasteiger charge is 2.05. The van der Waals surface area contributed by atoms with Crippen LogP contribution in [0.5, 0.6) is 11.5 Å². The first-order chi connectivity index (χ1) is 9.12. The number of nitrogens with two attached hydrogens (primary N) is 1. The second-order valence-corrected chi connectivity index (χ2v) is 4.37. The molecule has 0 unspecified atom stereocenters. The average Bonchev–Trinajstić information content (AvgIpc) is 2.40. The van der Waals surface area contributed by atoms with Crippen molar-refractivity contribution in [3.05, 3.63) is 41.4 Å². The minimum atomic E-state index is 0.599. The predicted molar refractivity (Wildman–Crippen MR) is 78.7 cm³/mol. The molecule has 0 saturated carbocycles. The van der Waals surface area contributed by atoms with E-state index in [0.717, 1.165) is 17.1 Å². The van der Waals surface area contributed by atoms with E-state index in [4.69, 9.17) is 26.8 Å². The van der Waals surface area contributed by atoms with Crippen LogP contribution in [-0.2, 0) is 0 Å². The van der Waals surface area contributed by atoms with E-state index in [2.05, 4.69) is 5.32 Å². The number of nitrogen functional groups attached to an aromatic ring is 1. The highest BCUT2D eigenvalue weighted by Crippen LogP contribution is 2.31. The molecule has 0 aliphatic heterocycles. The van der Waals surface area contributed by atoms with Crippen molar-refractivity contribution in [2.24, 2.45) is 0 Å². The fourth-order valence-corrected chi connectivity index (χ4v) is 1.86. The maximum atomic E-state index is 6.14. The van der Waals surface area contributed by atoms with Gasteiger partial charge in [-0.3, -0.25) is 0 Å². The smallest absolute Gasteiger partial charge is 0.122 e. The number of anilines is 3. The molecule has 2 aromatic rings. The Balaban J connectivity index is 2.32. The Kier molecular flexibility index (Phi) is 4.02. The largest absolute Gasteiger partial charge is 0.497 e. The van der Waals surface area contributed by atoms with Crippen molar-refractivity contribution in [1.29, 1.82) is 0 Å². The van der Waals surface area contributed by atoms with Crippen molar-refractivity contribution < 1.29 is 9.47 Å². The first kappa shape index (κ1) is 13.4. The van der Waals surface area contributed by atoms with Crippen molar-refractivity contribution >= 4 is 28.7 Å². The van der Waals surface area contributed by atoms with Gasteiger partial charge in [-0.25, -0.2) is 0 Å². The molecule has 2 rings (SSSR count). The Morgan fingerprint density at radius 3 is 2.42 bits per heavy atom. The zero-order chi connectivity index (χ0) is 13.8. The molecule has 0 heterocycles. The van der Waals surface area contributed by atoms with Crippen LogP contribution in [0.4, 0.5) is 17.1 Å². The lowest BCUT2D eigenvalue weighted by molar-refractivity contribution is 0.415. The first-order valence-corrected chi connectivity index (χ1v) is 6.05. The molecule has 0 aromatic heterocycles. The van der Waals surface area contributed by atoms with Gasteiger partial charge in [0.05, 0.1) is 24.9 Å². The van der Waals surface area contributed by atoms with Gasteiger partial charge in [0.2, 0.25) is 0 Å². The Bertz CT molecular complexity index is 588. The standard InChI is InChI=1S/C14H15ClN2O2/c1-18-11-3-4-13(15)14(8-11)17-10-5-9(16)6-12(7-10)19-2/h3-8,17H,16H2,1-2H3. The second kappa shape index (κ2) is 5.71. The van der Waals surface area contributed by atoms with Gasteiger partial charge in [0.1, 0.15) is 11.5 Å². The minimum Gasteiger partial charge on any atom is -0.497 e. The Morgan fingerprint density at radius 2 is 1.74 bits per heavy atom. The van der Waals surface area contributed by atoms with Crippen molar-refractivity contribution in [1.82, 2.24) is 0 Å². The minimum absolute atomic E-state index is 0.599. The molecule has 0 bridgehead atoms. The SMILES string of the molecule is COc1cc(N)cc(Nc2cc(OC)ccc2Cl)c1. The van der Waals surface area contributed by atoms with E-state index in [-0.39, 0.29) is 0 Å². The number of benzene rings is 2. The fraction of sp³-hybridized carbons (Fsp3) is 0.143. The van der Waals surface area contributed by atoms with Crippen LogP contribution in [0.15, 0.2) is 36.4 Å². The van der Waals surface area contributed by atoms with E-state index < -0.39 is 0 Å². The van der Waals surface area contributed by atoms with Gasteiger partial charge < -0.3 is 20.5 Å². The van der Waals surface area contributed by atoms with Gasteiger partial charge >= 0.3 is 0 Å². The van der Waals surface area contributed by atoms with Crippen LogP contribution < -0.4 is 20.5 Å². The molecule has 0 saturated heterocycles. The zero-order valence-electron chi connectivity index (χ0n) is 10.7. The number of hydrogen-bond donors (Lipinski definition) is 2. The summed E-state index contributed by atoms with van der Waals surface area (Å²) in [6.07, 6.45) is 0. The van der Waals surface area contributed by atoms with Gasteiger partial charge in [0.25, 0.3) is 0 Å². The van der Waals surface area contributed by atoms with Gasteiger partial charge in [-0.05, 0) is 18.2 Å². The maximum absolute atomic E-state index is 6.14. The summed E-state index contributed by atoms with van der Waals surface area (Å²) in [6, 6.07) is 10.8. The zero-order valence-corrected chi connectivity index (χ0v) is 11.5. The molecular formula is C14H15ClN2O2. The quantitative estimate of drug-likeness (QED) is 0.838. The lowest BCUT2D eigenvalue weighted by atomic mass is 10.2. The summed E-state index contributed by atoms with van der Waals surface area (Å²) >= 11 is 6.14. The number of rotatable bonds is 4. The van der Waals surface area contributed by atoms with Crippen LogP contribution in [0.1, 0.15) is 0 Å². The topological polar surface area (TPSA) is 56.5 Å². The highest BCUT2D eigenvalue weighted by molar-refractivity contribution is 6.33. The number of ether oxygens (including phenoxy) is 2. The third-order valence-corrected chi connectivity index (χ3v) is 2.95. The molecule has 0 spiro atoms. The summed E-state index contributed by atoms with van der Waals surface area (Å²) in [7, 11) is 3.20. The third-order valence-electron chi connectivity index (χ3n) is 2.62. The molecule has 0 aliphatic carbocycles. The van der Waals surface area contributed by atoms with E-state index >= 15 is 0 Å². The molecule has 100 valence electrons. The maximum Gasteiger partial charge on any atom is 0.122 e. The monoisotopic (exact) mass is 278 g/mol. The molecule has 0 atom stereocenters. The van der Waals surface area contributed by atoms with Crippen LogP contribution in [-0.4, -0.2) is 14.2 Å². The lowest BCUT2D eigenvalue weighted by Crippen LogP contribution is -1.95. The van der Waals surface area contributed by atoms with Crippen molar-refractivity contribution in [3.63, 3.8) is 0 Å². The Hall–Kier alpha value is -2.07. The van der Waals surface area contributed by atoms with E-state index in [1.807, 2.05) is 12.1 Å². The normalized spacial score (nSPS) is 10.1. The van der Waals surface area contributed by atoms with Gasteiger partial charge in [-0.2, -0.15) is 0 Å². The summed E-state index contributed by atoms with van der Waals surface area (Å²) in [5.74, 6) is 1.41. The van der Waals surface area contributed by atoms with Gasteiger partial charge in [-0.15, -0.1) is 0 Å². The molecule has 0 radical (unpaired) electrons. The van der Waals surface area contributed by atoms with E-state index in [1.54, 1.807) is 38.5 Å². The first-order valence-electron chi connectivity index (χ1n) is 5.67. The number of halogens is 1. The van der Waals surface area contributed by atoms with E-state index in [1.165, 1.54) is 0 Å². The van der Waals surface area contributed by atoms with E-state index in [0.29, 0.717) is 16.5 Å². The third kappa shape index (κ3) is 3.23. The molecule has 0 fully saturated rings. The number of hydrogen-bond acceptors (Lipinski definition) is 4.